The van der Waals surface area contributed by atoms with Crippen LogP contribution >= 0.6 is 0 Å². The van der Waals surface area contributed by atoms with Crippen molar-refractivity contribution in [2.75, 3.05) is 13.1 Å². The highest BCUT2D eigenvalue weighted by molar-refractivity contribution is 5.78. The molecular formula is C29H41N5O2. The smallest absolute Gasteiger partial charge is 0.225 e. The fourth-order valence-electron chi connectivity index (χ4n) is 6.91. The minimum Gasteiger partial charge on any atom is -0.349 e. The van der Waals surface area contributed by atoms with E-state index < -0.39 is 0 Å². The van der Waals surface area contributed by atoms with Crippen LogP contribution in [0.3, 0.4) is 0 Å². The van der Waals surface area contributed by atoms with Crippen molar-refractivity contribution in [3.8, 4) is 0 Å². The van der Waals surface area contributed by atoms with Gasteiger partial charge in [-0.2, -0.15) is 0 Å². The first-order valence-electron chi connectivity index (χ1n) is 13.7. The number of carbonyl (C=O) groups is 2. The molecule has 7 nitrogen and oxygen atoms in total. The van der Waals surface area contributed by atoms with E-state index in [1.165, 1.54) is 29.8 Å². The molecule has 1 aromatic carbocycles. The highest BCUT2D eigenvalue weighted by atomic mass is 16.2. The zero-order valence-electron chi connectivity index (χ0n) is 22.2. The zero-order valence-corrected chi connectivity index (χ0v) is 22.2. The van der Waals surface area contributed by atoms with Crippen LogP contribution in [0.1, 0.15) is 87.7 Å². The Morgan fingerprint density at radius 3 is 2.42 bits per heavy atom. The van der Waals surface area contributed by atoms with Gasteiger partial charge < -0.3 is 14.8 Å². The Hall–Kier alpha value is -2.67. The molecule has 36 heavy (non-hydrogen) atoms. The third-order valence-electron chi connectivity index (χ3n) is 8.51. The summed E-state index contributed by atoms with van der Waals surface area (Å²) in [6.45, 7) is 10.2. The Kier molecular flexibility index (Phi) is 7.20. The number of benzene rings is 1. The van der Waals surface area contributed by atoms with E-state index in [0.29, 0.717) is 24.7 Å². The van der Waals surface area contributed by atoms with Crippen LogP contribution < -0.4 is 5.32 Å². The quantitative estimate of drug-likeness (QED) is 0.631. The van der Waals surface area contributed by atoms with Crippen molar-refractivity contribution in [1.29, 1.82) is 0 Å². The van der Waals surface area contributed by atoms with Gasteiger partial charge in [-0.25, -0.2) is 4.98 Å². The monoisotopic (exact) mass is 491 g/mol. The Labute approximate surface area is 215 Å². The highest BCUT2D eigenvalue weighted by Crippen LogP contribution is 2.43. The summed E-state index contributed by atoms with van der Waals surface area (Å²) in [6.07, 6.45) is 6.53. The number of nitrogens with one attached hydrogen (secondary N) is 1. The lowest BCUT2D eigenvalue weighted by Crippen LogP contribution is -2.45. The molecule has 4 heterocycles. The Balaban J connectivity index is 1.28. The zero-order chi connectivity index (χ0) is 25.4. The molecule has 0 aliphatic carbocycles. The molecule has 1 N–H and O–H groups in total. The fraction of sp³-hybridized carbons (Fsp3) is 0.621. The van der Waals surface area contributed by atoms with E-state index in [2.05, 4.69) is 33.8 Å². The summed E-state index contributed by atoms with van der Waals surface area (Å²) in [6, 6.07) is 12.0. The summed E-state index contributed by atoms with van der Waals surface area (Å²) >= 11 is 0. The van der Waals surface area contributed by atoms with Gasteiger partial charge in [-0.15, -0.1) is 0 Å². The normalized spacial score (nSPS) is 24.6. The maximum absolute atomic E-state index is 12.7. The first-order valence-corrected chi connectivity index (χ1v) is 13.7. The van der Waals surface area contributed by atoms with Crippen molar-refractivity contribution >= 4 is 11.8 Å². The lowest BCUT2D eigenvalue weighted by molar-refractivity contribution is -0.135. The van der Waals surface area contributed by atoms with Gasteiger partial charge in [0, 0.05) is 50.5 Å². The van der Waals surface area contributed by atoms with Crippen molar-refractivity contribution < 1.29 is 9.59 Å². The molecule has 3 aliphatic heterocycles. The van der Waals surface area contributed by atoms with Gasteiger partial charge in [0.05, 0.1) is 24.0 Å². The molecule has 0 radical (unpaired) electrons. The predicted molar refractivity (Wildman–Crippen MR) is 140 cm³/mol. The fourth-order valence-corrected chi connectivity index (χ4v) is 6.91. The molecule has 0 spiro atoms. The van der Waals surface area contributed by atoms with Crippen LogP contribution in [0.25, 0.3) is 0 Å². The summed E-state index contributed by atoms with van der Waals surface area (Å²) in [5.41, 5.74) is 3.63. The molecular weight excluding hydrogens is 450 g/mol. The van der Waals surface area contributed by atoms with Crippen LogP contribution in [-0.4, -0.2) is 56.3 Å². The summed E-state index contributed by atoms with van der Waals surface area (Å²) in [5.74, 6) is 1.40. The van der Waals surface area contributed by atoms with Crippen LogP contribution in [0.4, 0.5) is 0 Å². The number of amides is 2. The lowest BCUT2D eigenvalue weighted by Gasteiger charge is -2.41. The van der Waals surface area contributed by atoms with Crippen molar-refractivity contribution in [1.82, 2.24) is 24.7 Å². The Bertz CT molecular complexity index is 1080. The molecule has 0 saturated carbocycles. The molecule has 1 aromatic heterocycles. The van der Waals surface area contributed by atoms with Crippen molar-refractivity contribution in [2.24, 2.45) is 5.92 Å². The number of fused-ring (bicyclic) bond motifs is 3. The minimum absolute atomic E-state index is 0.0240. The van der Waals surface area contributed by atoms with Crippen LogP contribution in [0, 0.1) is 12.8 Å². The number of aromatic nitrogens is 2. The number of rotatable bonds is 7. The first kappa shape index (κ1) is 25.0. The largest absolute Gasteiger partial charge is 0.349 e. The second kappa shape index (κ2) is 10.4. The molecule has 2 bridgehead atoms. The molecule has 2 amide bonds. The second-order valence-electron chi connectivity index (χ2n) is 11.3. The average Bonchev–Trinajstić information content (AvgIpc) is 3.31. The molecule has 5 rings (SSSR count). The molecule has 3 aliphatic rings. The van der Waals surface area contributed by atoms with Gasteiger partial charge in [-0.1, -0.05) is 44.2 Å². The Morgan fingerprint density at radius 2 is 1.78 bits per heavy atom. The Morgan fingerprint density at radius 1 is 1.08 bits per heavy atom. The number of nitrogens with zero attached hydrogens (tertiary/aromatic N) is 4. The van der Waals surface area contributed by atoms with Crippen LogP contribution in [-0.2, 0) is 22.6 Å². The summed E-state index contributed by atoms with van der Waals surface area (Å²) in [7, 11) is 0. The first-order chi connectivity index (χ1) is 17.3. The van der Waals surface area contributed by atoms with Crippen LogP contribution in [0.15, 0.2) is 30.3 Å². The second-order valence-corrected chi connectivity index (χ2v) is 11.3. The minimum atomic E-state index is 0.0240. The van der Waals surface area contributed by atoms with E-state index in [1.807, 2.05) is 36.9 Å². The number of hydrogen-bond acceptors (Lipinski definition) is 4. The summed E-state index contributed by atoms with van der Waals surface area (Å²) < 4.78 is 2.49. The maximum atomic E-state index is 12.7. The molecule has 2 aromatic rings. The number of carbonyl (C=O) groups excluding carboxylic acids is 2. The standard InChI is InChI=1S/C29H41N5O2/c1-19(2)29(36)32-14-12-27-28(18-32)34(20(3)30-27)25-16-23-10-11-24(17-25)33(23)15-13-26(31-21(4)35)22-8-6-5-7-9-22/h5-9,19,23-26H,10-18H2,1-4H3,(H,31,35)/t23?,24?,25?,26-/m0/s1. The van der Waals surface area contributed by atoms with Gasteiger partial charge >= 0.3 is 0 Å². The topological polar surface area (TPSA) is 70.5 Å². The molecule has 2 unspecified atom stereocenters. The number of imidazole rings is 1. The summed E-state index contributed by atoms with van der Waals surface area (Å²) in [5, 5.41) is 3.17. The maximum Gasteiger partial charge on any atom is 0.225 e. The van der Waals surface area contributed by atoms with E-state index in [9.17, 15) is 9.59 Å². The molecule has 194 valence electrons. The molecule has 2 fully saturated rings. The van der Waals surface area contributed by atoms with Gasteiger partial charge in [0.1, 0.15) is 5.82 Å². The highest BCUT2D eigenvalue weighted by Gasteiger charge is 2.42. The average molecular weight is 492 g/mol. The number of hydrogen-bond donors (Lipinski definition) is 1. The lowest BCUT2D eigenvalue weighted by atomic mass is 9.95. The van der Waals surface area contributed by atoms with Gasteiger partial charge in [0.2, 0.25) is 11.8 Å². The van der Waals surface area contributed by atoms with Gasteiger partial charge in [0.15, 0.2) is 0 Å². The van der Waals surface area contributed by atoms with Gasteiger partial charge in [-0.05, 0) is 44.6 Å². The third kappa shape index (κ3) is 4.95. The van der Waals surface area contributed by atoms with Crippen LogP contribution in [0.2, 0.25) is 0 Å². The van der Waals surface area contributed by atoms with E-state index in [1.54, 1.807) is 6.92 Å². The van der Waals surface area contributed by atoms with E-state index >= 15 is 0 Å². The number of aryl methyl sites for hydroxylation is 1. The van der Waals surface area contributed by atoms with E-state index in [-0.39, 0.29) is 23.8 Å². The van der Waals surface area contributed by atoms with E-state index in [4.69, 9.17) is 4.98 Å². The number of piperidine rings is 1. The van der Waals surface area contributed by atoms with Crippen molar-refractivity contribution in [2.45, 2.75) is 96.9 Å². The van der Waals surface area contributed by atoms with E-state index in [0.717, 1.165) is 44.6 Å². The van der Waals surface area contributed by atoms with Crippen LogP contribution in [0.5, 0.6) is 0 Å². The molecule has 3 atom stereocenters. The van der Waals surface area contributed by atoms with Crippen molar-refractivity contribution in [3.63, 3.8) is 0 Å². The predicted octanol–water partition coefficient (Wildman–Crippen LogP) is 4.17. The SMILES string of the molecule is CC(=O)N[C@@H](CCN1C2CCC1CC(n1c(C)nc3c1CN(C(=O)C(C)C)CC3)C2)c1ccccc1. The molecule has 7 heteroatoms. The van der Waals surface area contributed by atoms with Gasteiger partial charge in [0.25, 0.3) is 0 Å². The van der Waals surface area contributed by atoms with Gasteiger partial charge in [-0.3, -0.25) is 14.5 Å². The molecule has 2 saturated heterocycles. The third-order valence-corrected chi connectivity index (χ3v) is 8.51. The summed E-state index contributed by atoms with van der Waals surface area (Å²) in [4.78, 5) is 34.3. The van der Waals surface area contributed by atoms with Crippen molar-refractivity contribution in [3.05, 3.63) is 53.1 Å².